The minimum Gasteiger partial charge on any atom is -0.493 e. The lowest BCUT2D eigenvalue weighted by atomic mass is 10.0. The Morgan fingerprint density at radius 3 is 2.52 bits per heavy atom. The molecule has 31 heavy (non-hydrogen) atoms. The third-order valence-electron chi connectivity index (χ3n) is 5.29. The molecule has 0 spiro atoms. The Hall–Kier alpha value is -2.60. The quantitative estimate of drug-likeness (QED) is 0.654. The fourth-order valence-corrected chi connectivity index (χ4v) is 3.52. The van der Waals surface area contributed by atoms with Crippen molar-refractivity contribution in [2.45, 2.75) is 45.7 Å². The van der Waals surface area contributed by atoms with Crippen molar-refractivity contribution in [3.8, 4) is 5.75 Å². The molecule has 2 amide bonds. The van der Waals surface area contributed by atoms with Gasteiger partial charge < -0.3 is 19.9 Å². The molecule has 3 rings (SSSR count). The molecule has 168 valence electrons. The van der Waals surface area contributed by atoms with E-state index in [1.54, 1.807) is 17.0 Å². The van der Waals surface area contributed by atoms with Gasteiger partial charge in [-0.25, -0.2) is 9.18 Å². The third-order valence-corrected chi connectivity index (χ3v) is 5.29. The Balaban J connectivity index is 1.69. The maximum atomic E-state index is 13.4. The van der Waals surface area contributed by atoms with Gasteiger partial charge in [-0.2, -0.15) is 0 Å². The minimum absolute atomic E-state index is 0.000785. The van der Waals surface area contributed by atoms with Crippen LogP contribution in [0.3, 0.4) is 0 Å². The summed E-state index contributed by atoms with van der Waals surface area (Å²) in [5, 5.41) is 2.88. The largest absolute Gasteiger partial charge is 0.493 e. The second kappa shape index (κ2) is 11.1. The summed E-state index contributed by atoms with van der Waals surface area (Å²) >= 11 is 0. The Bertz CT molecular complexity index is 1120. The Morgan fingerprint density at radius 1 is 1.23 bits per heavy atom. The van der Waals surface area contributed by atoms with E-state index in [0.29, 0.717) is 12.1 Å². The average molecular weight is 437 g/mol. The number of hydrogen-bond donors (Lipinski definition) is 1. The van der Waals surface area contributed by atoms with Crippen LogP contribution in [-0.4, -0.2) is 48.6 Å². The second-order valence-electron chi connectivity index (χ2n) is 7.67. The highest BCUT2D eigenvalue weighted by Gasteiger charge is 2.27. The van der Waals surface area contributed by atoms with Crippen molar-refractivity contribution in [1.82, 2.24) is 15.1 Å². The lowest BCUT2D eigenvalue weighted by Gasteiger charge is -2.37. The van der Waals surface area contributed by atoms with Crippen LogP contribution in [0, 0.1) is 11.7 Å². The molecule has 0 aromatic heterocycles. The minimum atomic E-state index is -3.54. The topological polar surface area (TPSA) is 44.8 Å². The number of nitrogens with one attached hydrogen (secondary N) is 1. The smallest absolute Gasteiger partial charge is 0.318 e. The van der Waals surface area contributed by atoms with Crippen LogP contribution in [0.2, 0.25) is 0 Å². The van der Waals surface area contributed by atoms with E-state index in [1.807, 2.05) is 7.05 Å². The van der Waals surface area contributed by atoms with E-state index in [2.05, 4.69) is 10.2 Å². The van der Waals surface area contributed by atoms with Gasteiger partial charge in [0, 0.05) is 28.7 Å². The van der Waals surface area contributed by atoms with Crippen LogP contribution in [0.25, 0.3) is 0 Å². The number of rotatable bonds is 8. The first-order valence-electron chi connectivity index (χ1n) is 14.7. The zero-order valence-corrected chi connectivity index (χ0v) is 17.5. The maximum absolute atomic E-state index is 13.4. The van der Waals surface area contributed by atoms with Crippen molar-refractivity contribution < 1.29 is 26.3 Å². The highest BCUT2D eigenvalue weighted by molar-refractivity contribution is 5.74. The highest BCUT2D eigenvalue weighted by Crippen LogP contribution is 2.19. The van der Waals surface area contributed by atoms with E-state index < -0.39 is 26.2 Å². The molecule has 0 unspecified atom stereocenters. The summed E-state index contributed by atoms with van der Waals surface area (Å²) in [5.74, 6) is -4.07. The van der Waals surface area contributed by atoms with Crippen molar-refractivity contribution in [2.75, 3.05) is 26.7 Å². The summed E-state index contributed by atoms with van der Waals surface area (Å²) in [5.41, 5.74) is 1.42. The maximum Gasteiger partial charge on any atom is 0.318 e. The van der Waals surface area contributed by atoms with Crippen LogP contribution in [0.5, 0.6) is 5.75 Å². The van der Waals surface area contributed by atoms with Crippen LogP contribution in [-0.2, 0) is 13.1 Å². The third kappa shape index (κ3) is 7.24. The van der Waals surface area contributed by atoms with Gasteiger partial charge in [0.15, 0.2) is 0 Å². The molecule has 0 saturated carbocycles. The van der Waals surface area contributed by atoms with Gasteiger partial charge in [0.1, 0.15) is 11.6 Å². The van der Waals surface area contributed by atoms with Gasteiger partial charge in [-0.1, -0.05) is 38.0 Å². The number of ether oxygens (including phenoxy) is 1. The predicted octanol–water partition coefficient (Wildman–Crippen LogP) is 4.67. The highest BCUT2D eigenvalue weighted by atomic mass is 19.1. The normalized spacial score (nSPS) is 21.0. The first-order valence-corrected chi connectivity index (χ1v) is 10.2. The Morgan fingerprint density at radius 2 is 1.87 bits per heavy atom. The number of carbonyl (C=O) groups is 1. The summed E-state index contributed by atoms with van der Waals surface area (Å²) in [6, 6.07) is 11.4. The molecule has 1 N–H and O–H groups in total. The molecule has 0 aliphatic carbocycles. The standard InChI is InChI=1S/C25H34FN3O2/c1-19(2)18-31-24-10-6-20(7-11-24)16-27-25(30)29(23-12-14-28(3)15-13-23)17-21-4-8-22(26)9-5-21/h4-11,19,23H,12-18H2,1-3H3,(H,27,30)/i1D3,2D3,18D2,19D. The summed E-state index contributed by atoms with van der Waals surface area (Å²) in [4.78, 5) is 17.2. The molecule has 1 aliphatic heterocycles. The fourth-order valence-electron chi connectivity index (χ4n) is 3.52. The zero-order chi connectivity index (χ0) is 29.9. The molecule has 2 aromatic carbocycles. The van der Waals surface area contributed by atoms with E-state index in [9.17, 15) is 9.18 Å². The van der Waals surface area contributed by atoms with E-state index in [1.165, 1.54) is 36.4 Å². The molecule has 0 radical (unpaired) electrons. The van der Waals surface area contributed by atoms with Crippen LogP contribution in [0.4, 0.5) is 9.18 Å². The molecule has 6 heteroatoms. The molecule has 0 atom stereocenters. The number of benzene rings is 2. The number of hydrogen-bond acceptors (Lipinski definition) is 3. The zero-order valence-electron chi connectivity index (χ0n) is 26.5. The Kier molecular flexibility index (Phi) is 4.94. The van der Waals surface area contributed by atoms with Gasteiger partial charge in [0.25, 0.3) is 0 Å². The summed E-state index contributed by atoms with van der Waals surface area (Å²) < 4.78 is 87.6. The van der Waals surface area contributed by atoms with E-state index >= 15 is 0 Å². The van der Waals surface area contributed by atoms with Crippen molar-refractivity contribution in [3.63, 3.8) is 0 Å². The molecular weight excluding hydrogens is 393 g/mol. The van der Waals surface area contributed by atoms with Crippen molar-refractivity contribution >= 4 is 6.03 Å². The summed E-state index contributed by atoms with van der Waals surface area (Å²) in [7, 11) is 2.02. The van der Waals surface area contributed by atoms with Gasteiger partial charge in [0.2, 0.25) is 0 Å². The van der Waals surface area contributed by atoms with Crippen molar-refractivity contribution in [1.29, 1.82) is 0 Å². The van der Waals surface area contributed by atoms with Gasteiger partial charge in [-0.3, -0.25) is 0 Å². The van der Waals surface area contributed by atoms with Crippen molar-refractivity contribution in [2.24, 2.45) is 5.89 Å². The average Bonchev–Trinajstić information content (AvgIpc) is 2.86. The van der Waals surface area contributed by atoms with E-state index in [4.69, 9.17) is 17.1 Å². The Labute approximate surface area is 197 Å². The number of urea groups is 1. The van der Waals surface area contributed by atoms with Gasteiger partial charge in [0.05, 0.1) is 9.30 Å². The van der Waals surface area contributed by atoms with Gasteiger partial charge in [-0.15, -0.1) is 0 Å². The van der Waals surface area contributed by atoms with E-state index in [0.717, 1.165) is 31.5 Å². The molecule has 1 fully saturated rings. The lowest BCUT2D eigenvalue weighted by molar-refractivity contribution is 0.127. The summed E-state index contributed by atoms with van der Waals surface area (Å²) in [6.07, 6.45) is 1.59. The number of piperidine rings is 1. The molecule has 1 aliphatic rings. The lowest BCUT2D eigenvalue weighted by Crippen LogP contribution is -2.49. The molecule has 2 aromatic rings. The van der Waals surface area contributed by atoms with Crippen LogP contribution in [0.1, 0.15) is 50.0 Å². The first-order chi connectivity index (χ1) is 18.4. The van der Waals surface area contributed by atoms with E-state index in [-0.39, 0.29) is 30.2 Å². The number of halogens is 1. The van der Waals surface area contributed by atoms with Crippen LogP contribution >= 0.6 is 0 Å². The number of likely N-dealkylation sites (tertiary alicyclic amines) is 1. The monoisotopic (exact) mass is 436 g/mol. The predicted molar refractivity (Wildman–Crippen MR) is 121 cm³/mol. The molecular formula is C25H34FN3O2. The van der Waals surface area contributed by atoms with Gasteiger partial charge in [-0.05, 0) is 74.3 Å². The van der Waals surface area contributed by atoms with Crippen LogP contribution < -0.4 is 10.1 Å². The first kappa shape index (κ1) is 13.7. The number of amides is 2. The molecule has 1 saturated heterocycles. The SMILES string of the molecule is [2H]C([2H])([2H])C([2H])(C([2H])([2H])[2H])C([2H])([2H])Oc1ccc(CNC(=O)N(Cc2ccc(F)cc2)C2CCN(C)CC2)cc1. The summed E-state index contributed by atoms with van der Waals surface area (Å²) in [6.45, 7) is -8.27. The van der Waals surface area contributed by atoms with Crippen molar-refractivity contribution in [3.05, 3.63) is 65.5 Å². The van der Waals surface area contributed by atoms with Gasteiger partial charge >= 0.3 is 6.03 Å². The van der Waals surface area contributed by atoms with Crippen LogP contribution in [0.15, 0.2) is 48.5 Å². The number of carbonyl (C=O) groups excluding carboxylic acids is 1. The molecule has 5 nitrogen and oxygen atoms in total. The second-order valence-corrected chi connectivity index (χ2v) is 7.67. The number of nitrogens with zero attached hydrogens (tertiary/aromatic N) is 2. The fraction of sp³-hybridized carbons (Fsp3) is 0.480. The molecule has 0 bridgehead atoms. The molecule has 1 heterocycles.